The van der Waals surface area contributed by atoms with Gasteiger partial charge in [0.15, 0.2) is 0 Å². The van der Waals surface area contributed by atoms with Gasteiger partial charge in [0, 0.05) is 24.7 Å². The molecular formula is C16H20FN3O3. The molecule has 2 rings (SSSR count). The van der Waals surface area contributed by atoms with Gasteiger partial charge in [0.05, 0.1) is 23.7 Å². The van der Waals surface area contributed by atoms with Gasteiger partial charge in [-0.2, -0.15) is 0 Å². The fourth-order valence-electron chi connectivity index (χ4n) is 2.13. The van der Waals surface area contributed by atoms with Crippen LogP contribution in [0.2, 0.25) is 0 Å². The molecule has 0 aliphatic rings. The van der Waals surface area contributed by atoms with Crippen molar-refractivity contribution < 1.29 is 19.0 Å². The Balaban J connectivity index is 1.99. The molecule has 1 amide bonds. The van der Waals surface area contributed by atoms with Gasteiger partial charge >= 0.3 is 6.09 Å². The predicted octanol–water partition coefficient (Wildman–Crippen LogP) is 3.34. The predicted molar refractivity (Wildman–Crippen MR) is 85.4 cm³/mol. The molecule has 1 heterocycles. The average molecular weight is 321 g/mol. The quantitative estimate of drug-likeness (QED) is 0.782. The van der Waals surface area contributed by atoms with Crippen molar-refractivity contribution in [2.24, 2.45) is 0 Å². The number of hydrogen-bond acceptors (Lipinski definition) is 3. The number of hydrogen-bond donors (Lipinski definition) is 2. The Labute approximate surface area is 133 Å². The van der Waals surface area contributed by atoms with Crippen molar-refractivity contribution >= 4 is 17.1 Å². The van der Waals surface area contributed by atoms with E-state index in [-0.39, 0.29) is 18.7 Å². The van der Waals surface area contributed by atoms with Crippen LogP contribution in [0.3, 0.4) is 0 Å². The van der Waals surface area contributed by atoms with Crippen LogP contribution in [0.15, 0.2) is 36.4 Å². The normalized spacial score (nSPS) is 11.7. The third kappa shape index (κ3) is 4.70. The molecule has 1 aromatic carbocycles. The van der Waals surface area contributed by atoms with Crippen LogP contribution in [0, 0.1) is 0 Å². The minimum atomic E-state index is -1.21. The number of carbonyl (C=O) groups is 1. The van der Waals surface area contributed by atoms with E-state index in [1.165, 1.54) is 0 Å². The molecule has 124 valence electrons. The number of imidazole rings is 1. The molecule has 0 spiro atoms. The number of benzene rings is 1. The minimum absolute atomic E-state index is 0.0289. The van der Waals surface area contributed by atoms with E-state index in [0.717, 1.165) is 30.4 Å². The van der Waals surface area contributed by atoms with E-state index in [0.29, 0.717) is 12.1 Å². The van der Waals surface area contributed by atoms with Crippen molar-refractivity contribution in [3.8, 4) is 5.75 Å². The fraction of sp³-hybridized carbons (Fsp3) is 0.375. The van der Waals surface area contributed by atoms with Crippen LogP contribution in [-0.2, 0) is 6.54 Å². The monoisotopic (exact) mass is 321 g/mol. The van der Waals surface area contributed by atoms with E-state index >= 15 is 0 Å². The number of rotatable bonds is 8. The number of aromatic nitrogens is 2. The van der Waals surface area contributed by atoms with E-state index in [1.54, 1.807) is 18.5 Å². The van der Waals surface area contributed by atoms with Gasteiger partial charge in [-0.25, -0.2) is 14.2 Å². The number of carboxylic acid groups (broad SMARTS) is 1. The molecule has 6 nitrogen and oxygen atoms in total. The summed E-state index contributed by atoms with van der Waals surface area (Å²) in [7, 11) is 0. The highest BCUT2D eigenvalue weighted by Crippen LogP contribution is 2.20. The summed E-state index contributed by atoms with van der Waals surface area (Å²) in [5.74, 6) is 0.563. The average Bonchev–Trinajstić information content (AvgIpc) is 2.95. The first-order chi connectivity index (χ1) is 11.1. The molecule has 0 atom stereocenters. The largest absolute Gasteiger partial charge is 0.489 e. The number of ether oxygens (including phenoxy) is 1. The molecule has 0 saturated heterocycles. The van der Waals surface area contributed by atoms with E-state index in [9.17, 15) is 9.18 Å². The van der Waals surface area contributed by atoms with Crippen LogP contribution < -0.4 is 10.1 Å². The number of fused-ring (bicyclic) bond motifs is 1. The lowest BCUT2D eigenvalue weighted by Crippen LogP contribution is -2.25. The Morgan fingerprint density at radius 2 is 2.35 bits per heavy atom. The number of amides is 1. The molecule has 0 bridgehead atoms. The minimum Gasteiger partial charge on any atom is -0.489 e. The zero-order valence-electron chi connectivity index (χ0n) is 13.0. The molecule has 0 radical (unpaired) electrons. The SMILES string of the molecule is CCCCn1cnc2cc(OC/C(=C/F)CNC(=O)O)ccc21. The van der Waals surface area contributed by atoms with Crippen molar-refractivity contribution in [1.82, 2.24) is 14.9 Å². The highest BCUT2D eigenvalue weighted by Gasteiger charge is 2.06. The van der Waals surface area contributed by atoms with Gasteiger partial charge in [0.25, 0.3) is 0 Å². The molecule has 0 aliphatic heterocycles. The topological polar surface area (TPSA) is 76.4 Å². The maximum Gasteiger partial charge on any atom is 0.404 e. The first-order valence-corrected chi connectivity index (χ1v) is 7.46. The Kier molecular flexibility index (Phi) is 5.96. The van der Waals surface area contributed by atoms with Gasteiger partial charge in [-0.3, -0.25) is 0 Å². The second-order valence-corrected chi connectivity index (χ2v) is 5.16. The van der Waals surface area contributed by atoms with Crippen molar-refractivity contribution in [2.45, 2.75) is 26.3 Å². The van der Waals surface area contributed by atoms with Crippen LogP contribution in [0.4, 0.5) is 9.18 Å². The van der Waals surface area contributed by atoms with Crippen LogP contribution in [-0.4, -0.2) is 33.9 Å². The summed E-state index contributed by atoms with van der Waals surface area (Å²) in [5, 5.41) is 10.6. The lowest BCUT2D eigenvalue weighted by Gasteiger charge is -2.09. The van der Waals surface area contributed by atoms with Crippen LogP contribution in [0.5, 0.6) is 5.75 Å². The van der Waals surface area contributed by atoms with Crippen LogP contribution in [0.1, 0.15) is 19.8 Å². The van der Waals surface area contributed by atoms with Gasteiger partial charge in [0.2, 0.25) is 0 Å². The number of nitrogens with zero attached hydrogens (tertiary/aromatic N) is 2. The van der Waals surface area contributed by atoms with Crippen molar-refractivity contribution in [3.05, 3.63) is 36.4 Å². The second kappa shape index (κ2) is 8.17. The lowest BCUT2D eigenvalue weighted by atomic mass is 10.2. The van der Waals surface area contributed by atoms with Crippen molar-refractivity contribution in [3.63, 3.8) is 0 Å². The summed E-state index contributed by atoms with van der Waals surface area (Å²) in [6.45, 7) is 2.92. The Bertz CT molecular complexity index is 697. The standard InChI is InChI=1S/C16H20FN3O3/c1-2-3-6-20-11-19-14-7-13(4-5-15(14)20)23-10-12(8-17)9-18-16(21)22/h4-5,7-8,11,18H,2-3,6,9-10H2,1H3,(H,21,22)/b12-8+. The Morgan fingerprint density at radius 1 is 1.52 bits per heavy atom. The first kappa shape index (κ1) is 16.8. The van der Waals surface area contributed by atoms with Crippen LogP contribution in [0.25, 0.3) is 11.0 Å². The van der Waals surface area contributed by atoms with Gasteiger partial charge in [-0.15, -0.1) is 0 Å². The highest BCUT2D eigenvalue weighted by molar-refractivity contribution is 5.77. The smallest absolute Gasteiger partial charge is 0.404 e. The van der Waals surface area contributed by atoms with Gasteiger partial charge in [-0.05, 0) is 18.6 Å². The molecule has 0 unspecified atom stereocenters. The fourth-order valence-corrected chi connectivity index (χ4v) is 2.13. The van der Waals surface area contributed by atoms with Gasteiger partial charge < -0.3 is 19.7 Å². The third-order valence-electron chi connectivity index (χ3n) is 3.39. The summed E-state index contributed by atoms with van der Waals surface area (Å²) in [4.78, 5) is 14.7. The van der Waals surface area contributed by atoms with E-state index in [4.69, 9.17) is 9.84 Å². The summed E-state index contributed by atoms with van der Waals surface area (Å²) >= 11 is 0. The van der Waals surface area contributed by atoms with E-state index in [1.807, 2.05) is 6.07 Å². The Hall–Kier alpha value is -2.57. The molecule has 2 N–H and O–H groups in total. The molecule has 1 aromatic heterocycles. The highest BCUT2D eigenvalue weighted by atomic mass is 19.1. The van der Waals surface area contributed by atoms with E-state index in [2.05, 4.69) is 21.8 Å². The molecule has 2 aromatic rings. The van der Waals surface area contributed by atoms with Crippen molar-refractivity contribution in [1.29, 1.82) is 0 Å². The first-order valence-electron chi connectivity index (χ1n) is 7.46. The Morgan fingerprint density at radius 3 is 3.04 bits per heavy atom. The zero-order valence-corrected chi connectivity index (χ0v) is 13.0. The molecule has 23 heavy (non-hydrogen) atoms. The van der Waals surface area contributed by atoms with Gasteiger partial charge in [0.1, 0.15) is 12.4 Å². The van der Waals surface area contributed by atoms with Crippen molar-refractivity contribution in [2.75, 3.05) is 13.2 Å². The molecular weight excluding hydrogens is 301 g/mol. The summed E-state index contributed by atoms with van der Waals surface area (Å²) in [6, 6.07) is 5.51. The molecule has 0 saturated carbocycles. The number of nitrogens with one attached hydrogen (secondary N) is 1. The van der Waals surface area contributed by atoms with Gasteiger partial charge in [-0.1, -0.05) is 13.3 Å². The molecule has 0 fully saturated rings. The third-order valence-corrected chi connectivity index (χ3v) is 3.39. The number of halogens is 1. The molecule has 0 aliphatic carbocycles. The summed E-state index contributed by atoms with van der Waals surface area (Å²) in [6.07, 6.45) is 3.15. The zero-order chi connectivity index (χ0) is 16.7. The lowest BCUT2D eigenvalue weighted by molar-refractivity contribution is 0.195. The maximum atomic E-state index is 12.7. The summed E-state index contributed by atoms with van der Waals surface area (Å²) in [5.41, 5.74) is 2.05. The maximum absolute atomic E-state index is 12.7. The number of unbranched alkanes of at least 4 members (excludes halogenated alkanes) is 1. The van der Waals surface area contributed by atoms with E-state index < -0.39 is 6.09 Å². The second-order valence-electron chi connectivity index (χ2n) is 5.16. The molecule has 7 heteroatoms. The van der Waals surface area contributed by atoms with Crippen LogP contribution >= 0.6 is 0 Å². The summed E-state index contributed by atoms with van der Waals surface area (Å²) < 4.78 is 20.3. The number of aryl methyl sites for hydroxylation is 1.